The number of ether oxygens (including phenoxy) is 2. The highest BCUT2D eigenvalue weighted by molar-refractivity contribution is 5.95. The van der Waals surface area contributed by atoms with Gasteiger partial charge in [-0.15, -0.1) is 0 Å². The third-order valence-corrected chi connectivity index (χ3v) is 5.49. The standard InChI is InChI=1S/C22H21N5O3/c1-12-19-14(13-7-6-10-17(29-2)20(13)30-3)11-18(28)25-21(19)27(26-12)22-23-15-8-4-5-9-16(15)24-22/h4-10,14H,11H2,1-3H3,(H,23,24)(H,25,28)/t14-/m1/s1. The first-order chi connectivity index (χ1) is 14.6. The minimum atomic E-state index is -0.211. The van der Waals surface area contributed by atoms with Gasteiger partial charge in [-0.3, -0.25) is 4.79 Å². The second-order valence-electron chi connectivity index (χ2n) is 7.22. The van der Waals surface area contributed by atoms with E-state index in [-0.39, 0.29) is 11.8 Å². The molecule has 1 amide bonds. The van der Waals surface area contributed by atoms with Crippen molar-refractivity contribution in [1.82, 2.24) is 19.7 Å². The molecule has 1 atom stereocenters. The molecule has 2 aromatic carbocycles. The minimum Gasteiger partial charge on any atom is -0.493 e. The number of aromatic nitrogens is 4. The third-order valence-electron chi connectivity index (χ3n) is 5.49. The van der Waals surface area contributed by atoms with Gasteiger partial charge in [-0.25, -0.2) is 4.98 Å². The van der Waals surface area contributed by atoms with Crippen LogP contribution in [0.5, 0.6) is 11.5 Å². The van der Waals surface area contributed by atoms with E-state index in [9.17, 15) is 4.79 Å². The number of fused-ring (bicyclic) bond motifs is 2. The Bertz CT molecular complexity index is 1240. The fourth-order valence-electron chi connectivity index (χ4n) is 4.19. The summed E-state index contributed by atoms with van der Waals surface area (Å²) < 4.78 is 12.8. The minimum absolute atomic E-state index is 0.0883. The van der Waals surface area contributed by atoms with Gasteiger partial charge in [0.1, 0.15) is 5.82 Å². The van der Waals surface area contributed by atoms with Gasteiger partial charge < -0.3 is 19.8 Å². The summed E-state index contributed by atoms with van der Waals surface area (Å²) in [5.74, 6) is 2.13. The molecule has 3 heterocycles. The molecule has 5 rings (SSSR count). The van der Waals surface area contributed by atoms with Gasteiger partial charge in [0, 0.05) is 23.5 Å². The topological polar surface area (TPSA) is 94.1 Å². The molecule has 2 aromatic heterocycles. The van der Waals surface area contributed by atoms with E-state index < -0.39 is 0 Å². The van der Waals surface area contributed by atoms with Crippen molar-refractivity contribution in [3.05, 3.63) is 59.3 Å². The Morgan fingerprint density at radius 1 is 1.10 bits per heavy atom. The lowest BCUT2D eigenvalue weighted by Crippen LogP contribution is -2.25. The van der Waals surface area contributed by atoms with Crippen molar-refractivity contribution in [2.75, 3.05) is 19.5 Å². The van der Waals surface area contributed by atoms with Crippen LogP contribution in [0.3, 0.4) is 0 Å². The molecule has 8 nitrogen and oxygen atoms in total. The van der Waals surface area contributed by atoms with E-state index in [2.05, 4.69) is 15.3 Å². The number of nitrogens with one attached hydrogen (secondary N) is 2. The quantitative estimate of drug-likeness (QED) is 0.543. The van der Waals surface area contributed by atoms with Crippen LogP contribution in [0.25, 0.3) is 17.0 Å². The fourth-order valence-corrected chi connectivity index (χ4v) is 4.19. The van der Waals surface area contributed by atoms with Crippen LogP contribution < -0.4 is 14.8 Å². The van der Waals surface area contributed by atoms with Crippen molar-refractivity contribution in [3.63, 3.8) is 0 Å². The molecule has 0 unspecified atom stereocenters. The number of aryl methyl sites for hydroxylation is 1. The van der Waals surface area contributed by atoms with E-state index in [4.69, 9.17) is 14.6 Å². The van der Waals surface area contributed by atoms with Crippen LogP contribution in [-0.4, -0.2) is 39.9 Å². The number of H-pyrrole nitrogens is 1. The van der Waals surface area contributed by atoms with Crippen LogP contribution in [0.2, 0.25) is 0 Å². The summed E-state index contributed by atoms with van der Waals surface area (Å²) >= 11 is 0. The Balaban J connectivity index is 1.69. The third kappa shape index (κ3) is 2.72. The number of hydrogen-bond acceptors (Lipinski definition) is 5. The van der Waals surface area contributed by atoms with Gasteiger partial charge in [-0.2, -0.15) is 9.78 Å². The highest BCUT2D eigenvalue weighted by Gasteiger charge is 2.35. The molecule has 0 radical (unpaired) electrons. The van der Waals surface area contributed by atoms with Crippen molar-refractivity contribution < 1.29 is 14.3 Å². The lowest BCUT2D eigenvalue weighted by Gasteiger charge is -2.26. The molecule has 0 bridgehead atoms. The second kappa shape index (κ2) is 6.91. The molecule has 30 heavy (non-hydrogen) atoms. The average molecular weight is 403 g/mol. The van der Waals surface area contributed by atoms with E-state index in [1.165, 1.54) is 0 Å². The Labute approximate surface area is 172 Å². The van der Waals surface area contributed by atoms with E-state index in [1.54, 1.807) is 18.9 Å². The molecule has 0 spiro atoms. The number of carbonyl (C=O) groups excluding carboxylic acids is 1. The summed E-state index contributed by atoms with van der Waals surface area (Å²) in [5, 5.41) is 7.69. The molecule has 0 saturated carbocycles. The highest BCUT2D eigenvalue weighted by atomic mass is 16.5. The lowest BCUT2D eigenvalue weighted by molar-refractivity contribution is -0.116. The first-order valence-corrected chi connectivity index (χ1v) is 9.66. The monoisotopic (exact) mass is 403 g/mol. The normalized spacial score (nSPS) is 15.7. The number of imidazole rings is 1. The van der Waals surface area contributed by atoms with Gasteiger partial charge in [0.15, 0.2) is 11.5 Å². The predicted molar refractivity (Wildman–Crippen MR) is 113 cm³/mol. The molecule has 1 aliphatic heterocycles. The first kappa shape index (κ1) is 18.2. The van der Waals surface area contributed by atoms with Crippen LogP contribution in [-0.2, 0) is 4.79 Å². The number of benzene rings is 2. The zero-order chi connectivity index (χ0) is 20.8. The number of nitrogens with zero attached hydrogens (tertiary/aromatic N) is 3. The van der Waals surface area contributed by atoms with Crippen LogP contribution in [0, 0.1) is 6.92 Å². The Kier molecular flexibility index (Phi) is 4.20. The number of methoxy groups -OCH3 is 2. The molecule has 0 aliphatic carbocycles. The molecule has 4 aromatic rings. The van der Waals surface area contributed by atoms with Crippen molar-refractivity contribution >= 4 is 22.8 Å². The Hall–Kier alpha value is -3.81. The van der Waals surface area contributed by atoms with Gasteiger partial charge in [0.05, 0.1) is 30.9 Å². The van der Waals surface area contributed by atoms with E-state index in [1.807, 2.05) is 49.4 Å². The Morgan fingerprint density at radius 3 is 2.70 bits per heavy atom. The maximum absolute atomic E-state index is 12.7. The summed E-state index contributed by atoms with van der Waals surface area (Å²) in [7, 11) is 3.21. The molecule has 2 N–H and O–H groups in total. The van der Waals surface area contributed by atoms with Crippen molar-refractivity contribution in [2.45, 2.75) is 19.3 Å². The Morgan fingerprint density at radius 2 is 1.93 bits per heavy atom. The number of carbonyl (C=O) groups is 1. The molecule has 1 aliphatic rings. The smallest absolute Gasteiger partial charge is 0.231 e. The fraction of sp³-hybridized carbons (Fsp3) is 0.227. The number of anilines is 1. The highest BCUT2D eigenvalue weighted by Crippen LogP contribution is 2.45. The van der Waals surface area contributed by atoms with Crippen molar-refractivity contribution in [1.29, 1.82) is 0 Å². The summed E-state index contributed by atoms with van der Waals surface area (Å²) in [4.78, 5) is 20.6. The van der Waals surface area contributed by atoms with Crippen LogP contribution >= 0.6 is 0 Å². The maximum Gasteiger partial charge on any atom is 0.231 e. The summed E-state index contributed by atoms with van der Waals surface area (Å²) in [5.41, 5.74) is 4.40. The number of para-hydroxylation sites is 3. The van der Waals surface area contributed by atoms with Gasteiger partial charge >= 0.3 is 0 Å². The summed E-state index contributed by atoms with van der Waals surface area (Å²) in [6.07, 6.45) is 0.295. The summed E-state index contributed by atoms with van der Waals surface area (Å²) in [6.45, 7) is 1.94. The molecule has 0 fully saturated rings. The summed E-state index contributed by atoms with van der Waals surface area (Å²) in [6, 6.07) is 13.5. The van der Waals surface area contributed by atoms with E-state index in [0.29, 0.717) is 29.7 Å². The largest absolute Gasteiger partial charge is 0.493 e. The average Bonchev–Trinajstić information content (AvgIpc) is 3.33. The molecule has 0 saturated heterocycles. The number of amides is 1. The van der Waals surface area contributed by atoms with Gasteiger partial charge in [0.2, 0.25) is 11.9 Å². The number of rotatable bonds is 4. The van der Waals surface area contributed by atoms with Crippen molar-refractivity contribution in [3.8, 4) is 17.4 Å². The predicted octanol–water partition coefficient (Wildman–Crippen LogP) is 3.55. The zero-order valence-corrected chi connectivity index (χ0v) is 16.9. The number of aromatic amines is 1. The van der Waals surface area contributed by atoms with Crippen LogP contribution in [0.4, 0.5) is 5.82 Å². The second-order valence-corrected chi connectivity index (χ2v) is 7.22. The molecule has 8 heteroatoms. The van der Waals surface area contributed by atoms with E-state index in [0.717, 1.165) is 27.9 Å². The molecule has 152 valence electrons. The SMILES string of the molecule is COc1cccc([C@H]2CC(=O)Nc3c2c(C)nn3-c2nc3ccccc3[nH]2)c1OC. The molecular weight excluding hydrogens is 382 g/mol. The van der Waals surface area contributed by atoms with E-state index >= 15 is 0 Å². The van der Waals surface area contributed by atoms with Gasteiger partial charge in [-0.1, -0.05) is 24.3 Å². The van der Waals surface area contributed by atoms with Gasteiger partial charge in [0.25, 0.3) is 0 Å². The maximum atomic E-state index is 12.7. The lowest BCUT2D eigenvalue weighted by atomic mass is 9.85. The first-order valence-electron chi connectivity index (χ1n) is 9.66. The van der Waals surface area contributed by atoms with Crippen molar-refractivity contribution in [2.24, 2.45) is 0 Å². The number of hydrogen-bond donors (Lipinski definition) is 2. The van der Waals surface area contributed by atoms with Gasteiger partial charge in [-0.05, 0) is 25.1 Å². The van der Waals surface area contributed by atoms with Crippen LogP contribution in [0.15, 0.2) is 42.5 Å². The van der Waals surface area contributed by atoms with Crippen LogP contribution in [0.1, 0.15) is 29.2 Å². The molecular formula is C22H21N5O3. The zero-order valence-electron chi connectivity index (χ0n) is 16.9.